The van der Waals surface area contributed by atoms with E-state index < -0.39 is 5.97 Å². The fourth-order valence-corrected chi connectivity index (χ4v) is 3.85. The Bertz CT molecular complexity index is 676. The lowest BCUT2D eigenvalue weighted by Gasteiger charge is -2.20. The van der Waals surface area contributed by atoms with Gasteiger partial charge in [-0.3, -0.25) is 14.4 Å². The van der Waals surface area contributed by atoms with Crippen LogP contribution in [-0.4, -0.2) is 48.6 Å². The summed E-state index contributed by atoms with van der Waals surface area (Å²) in [6.07, 6.45) is 15.1. The molecule has 0 aromatic heterocycles. The van der Waals surface area contributed by atoms with Crippen molar-refractivity contribution in [2.45, 2.75) is 110 Å². The van der Waals surface area contributed by atoms with E-state index in [1.165, 1.54) is 52.7 Å². The molecule has 0 unspecified atom stereocenters. The molecule has 0 atom stereocenters. The summed E-state index contributed by atoms with van der Waals surface area (Å²) in [7, 11) is 2.76. The molecular weight excluding hydrogens is 436 g/mol. The van der Waals surface area contributed by atoms with Crippen molar-refractivity contribution in [1.82, 2.24) is 0 Å². The third kappa shape index (κ3) is 12.9. The molecule has 1 rings (SSSR count). The number of unbranched alkanes of at least 4 members (excludes halogenated alkanes) is 11. The molecule has 0 aromatic rings. The summed E-state index contributed by atoms with van der Waals surface area (Å²) >= 11 is 0. The highest BCUT2D eigenvalue weighted by molar-refractivity contribution is 6.23. The van der Waals surface area contributed by atoms with E-state index in [1.54, 1.807) is 6.92 Å². The first-order valence-corrected chi connectivity index (χ1v) is 12.8. The van der Waals surface area contributed by atoms with Gasteiger partial charge < -0.3 is 19.7 Å². The summed E-state index contributed by atoms with van der Waals surface area (Å²) in [6, 6.07) is 0. The largest absolute Gasteiger partial charge is 0.489 e. The Labute approximate surface area is 205 Å². The number of carboxylic acids is 1. The number of carbonyl (C=O) groups excluding carboxylic acids is 2. The summed E-state index contributed by atoms with van der Waals surface area (Å²) in [5, 5.41) is 17.0. The first kappa shape index (κ1) is 31.9. The zero-order chi connectivity index (χ0) is 25.8. The molecule has 7 heteroatoms. The Morgan fingerprint density at radius 3 is 1.71 bits per heavy atom. The van der Waals surface area contributed by atoms with Crippen molar-refractivity contribution in [2.24, 2.45) is 0 Å². The minimum Gasteiger partial charge on any atom is -0.489 e. The first-order chi connectivity index (χ1) is 16.3. The second kappa shape index (κ2) is 20.2. The van der Waals surface area contributed by atoms with Crippen molar-refractivity contribution >= 4 is 17.5 Å². The van der Waals surface area contributed by atoms with Crippen LogP contribution in [-0.2, 0) is 23.9 Å². The van der Waals surface area contributed by atoms with E-state index >= 15 is 0 Å². The highest BCUT2D eigenvalue weighted by Gasteiger charge is 2.34. The van der Waals surface area contributed by atoms with Crippen LogP contribution in [0.5, 0.6) is 0 Å². The van der Waals surface area contributed by atoms with E-state index in [4.69, 9.17) is 19.7 Å². The Kier molecular flexibility index (Phi) is 19.0. The predicted octanol–water partition coefficient (Wildman–Crippen LogP) is 5.89. The van der Waals surface area contributed by atoms with E-state index in [0.29, 0.717) is 24.0 Å². The number of rotatable bonds is 18. The molecular formula is C27H46O7. The highest BCUT2D eigenvalue weighted by atomic mass is 16.5. The second-order valence-electron chi connectivity index (χ2n) is 8.69. The van der Waals surface area contributed by atoms with Gasteiger partial charge in [0.15, 0.2) is 0 Å². The average molecular weight is 483 g/mol. The SMILES string of the molecule is CCCCCCCC(=O)O.COC1=C(OC)C(=O)C(CCCCCCCCCCO)=C(C)C1=O. The lowest BCUT2D eigenvalue weighted by Crippen LogP contribution is -2.25. The van der Waals surface area contributed by atoms with Crippen LogP contribution in [0.25, 0.3) is 0 Å². The maximum Gasteiger partial charge on any atom is 0.303 e. The molecule has 0 saturated carbocycles. The molecule has 0 fully saturated rings. The van der Waals surface area contributed by atoms with Gasteiger partial charge in [-0.25, -0.2) is 0 Å². The molecule has 0 bridgehead atoms. The summed E-state index contributed by atoms with van der Waals surface area (Å²) in [4.78, 5) is 34.7. The minimum atomic E-state index is -0.670. The van der Waals surface area contributed by atoms with Crippen molar-refractivity contribution in [3.63, 3.8) is 0 Å². The first-order valence-electron chi connectivity index (χ1n) is 12.8. The Morgan fingerprint density at radius 1 is 0.735 bits per heavy atom. The number of aliphatic hydroxyl groups excluding tert-OH is 1. The topological polar surface area (TPSA) is 110 Å². The molecule has 0 aliphatic heterocycles. The predicted molar refractivity (Wildman–Crippen MR) is 133 cm³/mol. The van der Waals surface area contributed by atoms with Gasteiger partial charge in [0.05, 0.1) is 14.2 Å². The summed E-state index contributed by atoms with van der Waals surface area (Å²) in [6.45, 7) is 4.11. The number of Topliss-reactive ketones (excluding diaryl/α,β-unsaturated/α-hetero) is 2. The van der Waals surface area contributed by atoms with E-state index in [-0.39, 0.29) is 29.7 Å². The molecule has 0 spiro atoms. The van der Waals surface area contributed by atoms with Gasteiger partial charge in [0.1, 0.15) is 0 Å². The smallest absolute Gasteiger partial charge is 0.303 e. The molecule has 0 amide bonds. The Morgan fingerprint density at radius 2 is 1.21 bits per heavy atom. The van der Waals surface area contributed by atoms with Crippen LogP contribution in [0.2, 0.25) is 0 Å². The molecule has 196 valence electrons. The third-order valence-electron chi connectivity index (χ3n) is 5.92. The number of carbonyl (C=O) groups is 3. The van der Waals surface area contributed by atoms with E-state index in [0.717, 1.165) is 44.9 Å². The number of aliphatic hydroxyl groups is 1. The number of methoxy groups -OCH3 is 2. The molecule has 2 N–H and O–H groups in total. The van der Waals surface area contributed by atoms with Crippen LogP contribution in [0.3, 0.4) is 0 Å². The second-order valence-corrected chi connectivity index (χ2v) is 8.69. The van der Waals surface area contributed by atoms with Crippen LogP contribution >= 0.6 is 0 Å². The summed E-state index contributed by atoms with van der Waals surface area (Å²) in [5.74, 6) is -1.13. The third-order valence-corrected chi connectivity index (χ3v) is 5.92. The van der Waals surface area contributed by atoms with Gasteiger partial charge in [-0.2, -0.15) is 0 Å². The van der Waals surface area contributed by atoms with Gasteiger partial charge in [-0.05, 0) is 32.6 Å². The maximum absolute atomic E-state index is 12.5. The van der Waals surface area contributed by atoms with Gasteiger partial charge in [0, 0.05) is 24.2 Å². The zero-order valence-electron chi connectivity index (χ0n) is 21.7. The Hall–Kier alpha value is -2.15. The molecule has 0 heterocycles. The zero-order valence-corrected chi connectivity index (χ0v) is 21.7. The van der Waals surface area contributed by atoms with Crippen molar-refractivity contribution in [3.8, 4) is 0 Å². The lowest BCUT2D eigenvalue weighted by atomic mass is 9.89. The van der Waals surface area contributed by atoms with Gasteiger partial charge in [0.25, 0.3) is 0 Å². The fraction of sp³-hybridized carbons (Fsp3) is 0.741. The van der Waals surface area contributed by atoms with Crippen LogP contribution in [0.4, 0.5) is 0 Å². The normalized spacial score (nSPS) is 13.7. The maximum atomic E-state index is 12.5. The van der Waals surface area contributed by atoms with Gasteiger partial charge in [0.2, 0.25) is 23.1 Å². The number of hydrogen-bond acceptors (Lipinski definition) is 6. The number of carboxylic acid groups (broad SMARTS) is 1. The van der Waals surface area contributed by atoms with Crippen LogP contribution < -0.4 is 0 Å². The number of allylic oxidation sites excluding steroid dienone is 2. The fourth-order valence-electron chi connectivity index (χ4n) is 3.85. The molecule has 1 aliphatic carbocycles. The lowest BCUT2D eigenvalue weighted by molar-refractivity contribution is -0.137. The number of hydrogen-bond donors (Lipinski definition) is 2. The van der Waals surface area contributed by atoms with Crippen LogP contribution in [0, 0.1) is 0 Å². The monoisotopic (exact) mass is 482 g/mol. The van der Waals surface area contributed by atoms with E-state index in [2.05, 4.69) is 6.92 Å². The molecule has 0 aromatic carbocycles. The van der Waals surface area contributed by atoms with Crippen molar-refractivity contribution in [2.75, 3.05) is 20.8 Å². The summed E-state index contributed by atoms with van der Waals surface area (Å²) in [5.41, 5.74) is 1.03. The number of ether oxygens (including phenoxy) is 2. The molecule has 0 radical (unpaired) electrons. The van der Waals surface area contributed by atoms with Crippen molar-refractivity contribution in [1.29, 1.82) is 0 Å². The highest BCUT2D eigenvalue weighted by Crippen LogP contribution is 2.28. The molecule has 34 heavy (non-hydrogen) atoms. The summed E-state index contributed by atoms with van der Waals surface area (Å²) < 4.78 is 10.1. The van der Waals surface area contributed by atoms with Crippen LogP contribution in [0.15, 0.2) is 22.7 Å². The van der Waals surface area contributed by atoms with Crippen LogP contribution in [0.1, 0.15) is 110 Å². The van der Waals surface area contributed by atoms with Crippen molar-refractivity contribution < 1.29 is 34.1 Å². The standard InChI is InChI=1S/C19H30O5.C8H16O2/c1-14-15(12-10-8-6-4-5-7-9-11-13-20)17(22)19(24-3)18(23-2)16(14)21;1-2-3-4-5-6-7-8(9)10/h20H,4-13H2,1-3H3;2-7H2,1H3,(H,9,10). The molecule has 7 nitrogen and oxygen atoms in total. The van der Waals surface area contributed by atoms with E-state index in [9.17, 15) is 14.4 Å². The number of ketones is 2. The van der Waals surface area contributed by atoms with E-state index in [1.807, 2.05) is 0 Å². The average Bonchev–Trinajstić information content (AvgIpc) is 2.82. The molecule has 0 saturated heterocycles. The van der Waals surface area contributed by atoms with Gasteiger partial charge in [-0.1, -0.05) is 71.1 Å². The number of aliphatic carboxylic acids is 1. The minimum absolute atomic E-state index is 0.00614. The van der Waals surface area contributed by atoms with Gasteiger partial charge >= 0.3 is 5.97 Å². The quantitative estimate of drug-likeness (QED) is 0.185. The van der Waals surface area contributed by atoms with Crippen molar-refractivity contribution in [3.05, 3.63) is 22.7 Å². The van der Waals surface area contributed by atoms with Gasteiger partial charge in [-0.15, -0.1) is 0 Å². The Balaban J connectivity index is 0.000000916. The molecule has 1 aliphatic rings.